The molecule has 0 aliphatic carbocycles. The highest BCUT2D eigenvalue weighted by Crippen LogP contribution is 2.16. The number of benzene rings is 1. The van der Waals surface area contributed by atoms with Gasteiger partial charge in [0, 0.05) is 38.8 Å². The number of nitrogens with zero attached hydrogens (tertiary/aromatic N) is 2. The van der Waals surface area contributed by atoms with Crippen LogP contribution in [-0.4, -0.2) is 49.6 Å². The molecule has 0 saturated carbocycles. The quantitative estimate of drug-likeness (QED) is 0.879. The van der Waals surface area contributed by atoms with Gasteiger partial charge in [0.1, 0.15) is 5.82 Å². The van der Waals surface area contributed by atoms with E-state index in [9.17, 15) is 4.39 Å². The van der Waals surface area contributed by atoms with Crippen LogP contribution in [0.3, 0.4) is 0 Å². The van der Waals surface area contributed by atoms with Gasteiger partial charge in [-0.3, -0.25) is 0 Å². The summed E-state index contributed by atoms with van der Waals surface area (Å²) in [5.74, 6) is -0.206. The fourth-order valence-electron chi connectivity index (χ4n) is 2.30. The van der Waals surface area contributed by atoms with Crippen molar-refractivity contribution in [1.82, 2.24) is 9.80 Å². The van der Waals surface area contributed by atoms with E-state index >= 15 is 0 Å². The molecule has 0 bridgehead atoms. The van der Waals surface area contributed by atoms with Gasteiger partial charge in [0.05, 0.1) is 0 Å². The Bertz CT molecular complexity index is 375. The van der Waals surface area contributed by atoms with Gasteiger partial charge >= 0.3 is 0 Å². The van der Waals surface area contributed by atoms with E-state index in [1.54, 1.807) is 6.07 Å². The normalized spacial score (nSPS) is 19.9. The smallest absolute Gasteiger partial charge is 0.123 e. The summed E-state index contributed by atoms with van der Waals surface area (Å²) in [4.78, 5) is 4.77. The Morgan fingerprint density at radius 1 is 1.28 bits per heavy atom. The molecule has 0 aromatic heterocycles. The van der Waals surface area contributed by atoms with Crippen LogP contribution >= 0.6 is 0 Å². The minimum absolute atomic E-state index is 0.0691. The lowest BCUT2D eigenvalue weighted by Crippen LogP contribution is -2.45. The molecule has 1 saturated heterocycles. The molecule has 0 spiro atoms. The molecular weight excluding hydrogens is 229 g/mol. The van der Waals surface area contributed by atoms with Crippen molar-refractivity contribution >= 4 is 0 Å². The van der Waals surface area contributed by atoms with E-state index in [1.165, 1.54) is 12.1 Å². The summed E-state index contributed by atoms with van der Waals surface area (Å²) in [6.07, 6.45) is 0.882. The molecule has 1 aromatic rings. The second kappa shape index (κ2) is 6.27. The molecular formula is C14H22FN3. The third kappa shape index (κ3) is 3.77. The first-order valence-corrected chi connectivity index (χ1v) is 6.57. The second-order valence-corrected chi connectivity index (χ2v) is 5.10. The van der Waals surface area contributed by atoms with Gasteiger partial charge in [-0.15, -0.1) is 0 Å². The average molecular weight is 251 g/mol. The monoisotopic (exact) mass is 251 g/mol. The standard InChI is InChI=1S/C14H22FN3/c1-17-7-9-18(10-8-17)6-5-14(16)12-3-2-4-13(15)11-12/h2-4,11,14H,5-10,16H2,1H3. The molecule has 2 N–H and O–H groups in total. The summed E-state index contributed by atoms with van der Waals surface area (Å²) in [6.45, 7) is 5.44. The number of hydrogen-bond donors (Lipinski definition) is 1. The summed E-state index contributed by atoms with van der Waals surface area (Å²) in [5, 5.41) is 0. The van der Waals surface area contributed by atoms with Crippen molar-refractivity contribution in [3.05, 3.63) is 35.6 Å². The highest BCUT2D eigenvalue weighted by Gasteiger charge is 2.15. The number of piperazine rings is 1. The predicted octanol–water partition coefficient (Wildman–Crippen LogP) is 1.46. The maximum atomic E-state index is 13.1. The summed E-state index contributed by atoms with van der Waals surface area (Å²) < 4.78 is 13.1. The van der Waals surface area contributed by atoms with Gasteiger partial charge in [0.2, 0.25) is 0 Å². The van der Waals surface area contributed by atoms with Crippen LogP contribution in [0.1, 0.15) is 18.0 Å². The fourth-order valence-corrected chi connectivity index (χ4v) is 2.30. The molecule has 1 unspecified atom stereocenters. The van der Waals surface area contributed by atoms with E-state index in [0.29, 0.717) is 0 Å². The summed E-state index contributed by atoms with van der Waals surface area (Å²) >= 11 is 0. The first kappa shape index (κ1) is 13.5. The zero-order valence-electron chi connectivity index (χ0n) is 11.0. The van der Waals surface area contributed by atoms with Crippen molar-refractivity contribution in [2.75, 3.05) is 39.8 Å². The van der Waals surface area contributed by atoms with E-state index in [1.807, 2.05) is 6.07 Å². The van der Waals surface area contributed by atoms with Crippen LogP contribution in [-0.2, 0) is 0 Å². The zero-order chi connectivity index (χ0) is 13.0. The van der Waals surface area contributed by atoms with Gasteiger partial charge in [0.15, 0.2) is 0 Å². The zero-order valence-corrected chi connectivity index (χ0v) is 11.0. The molecule has 2 rings (SSSR count). The van der Waals surface area contributed by atoms with Gasteiger partial charge in [-0.2, -0.15) is 0 Å². The highest BCUT2D eigenvalue weighted by atomic mass is 19.1. The summed E-state index contributed by atoms with van der Waals surface area (Å²) in [7, 11) is 2.15. The Hall–Kier alpha value is -0.970. The van der Waals surface area contributed by atoms with E-state index in [-0.39, 0.29) is 11.9 Å². The first-order chi connectivity index (χ1) is 8.65. The minimum atomic E-state index is -0.206. The van der Waals surface area contributed by atoms with Crippen molar-refractivity contribution in [2.45, 2.75) is 12.5 Å². The van der Waals surface area contributed by atoms with Crippen molar-refractivity contribution in [2.24, 2.45) is 5.73 Å². The van der Waals surface area contributed by atoms with Gasteiger partial charge in [-0.25, -0.2) is 4.39 Å². The molecule has 1 heterocycles. The molecule has 0 radical (unpaired) electrons. The lowest BCUT2D eigenvalue weighted by atomic mass is 10.0. The van der Waals surface area contributed by atoms with Crippen LogP contribution in [0.15, 0.2) is 24.3 Å². The number of likely N-dealkylation sites (N-methyl/N-ethyl adjacent to an activating group) is 1. The highest BCUT2D eigenvalue weighted by molar-refractivity contribution is 5.19. The van der Waals surface area contributed by atoms with E-state index in [4.69, 9.17) is 5.73 Å². The van der Waals surface area contributed by atoms with E-state index in [2.05, 4.69) is 16.8 Å². The third-order valence-corrected chi connectivity index (χ3v) is 3.63. The predicted molar refractivity (Wildman–Crippen MR) is 71.9 cm³/mol. The molecule has 4 heteroatoms. The Morgan fingerprint density at radius 2 is 2.00 bits per heavy atom. The summed E-state index contributed by atoms with van der Waals surface area (Å²) in [6, 6.07) is 6.55. The lowest BCUT2D eigenvalue weighted by molar-refractivity contribution is 0.150. The van der Waals surface area contributed by atoms with Crippen LogP contribution in [0, 0.1) is 5.82 Å². The molecule has 18 heavy (non-hydrogen) atoms. The summed E-state index contributed by atoms with van der Waals surface area (Å²) in [5.41, 5.74) is 7.00. The third-order valence-electron chi connectivity index (χ3n) is 3.63. The maximum absolute atomic E-state index is 13.1. The van der Waals surface area contributed by atoms with Gasteiger partial charge < -0.3 is 15.5 Å². The molecule has 1 fully saturated rings. The Kier molecular flexibility index (Phi) is 4.69. The van der Waals surface area contributed by atoms with Crippen molar-refractivity contribution in [3.8, 4) is 0 Å². The van der Waals surface area contributed by atoms with Crippen LogP contribution in [0.25, 0.3) is 0 Å². The van der Waals surface area contributed by atoms with E-state index < -0.39 is 0 Å². The number of hydrogen-bond acceptors (Lipinski definition) is 3. The van der Waals surface area contributed by atoms with Gasteiger partial charge in [0.25, 0.3) is 0 Å². The fraction of sp³-hybridized carbons (Fsp3) is 0.571. The topological polar surface area (TPSA) is 32.5 Å². The molecule has 1 aliphatic heterocycles. The number of halogens is 1. The minimum Gasteiger partial charge on any atom is -0.324 e. The molecule has 100 valence electrons. The SMILES string of the molecule is CN1CCN(CCC(N)c2cccc(F)c2)CC1. The lowest BCUT2D eigenvalue weighted by Gasteiger charge is -2.32. The first-order valence-electron chi connectivity index (χ1n) is 6.57. The van der Waals surface area contributed by atoms with Gasteiger partial charge in [-0.05, 0) is 31.2 Å². The van der Waals surface area contributed by atoms with Crippen LogP contribution in [0.4, 0.5) is 4.39 Å². The molecule has 1 atom stereocenters. The van der Waals surface area contributed by atoms with Crippen molar-refractivity contribution < 1.29 is 4.39 Å². The molecule has 0 amide bonds. The van der Waals surface area contributed by atoms with Crippen molar-refractivity contribution in [1.29, 1.82) is 0 Å². The van der Waals surface area contributed by atoms with Crippen molar-refractivity contribution in [3.63, 3.8) is 0 Å². The number of rotatable bonds is 4. The van der Waals surface area contributed by atoms with Crippen LogP contribution in [0.5, 0.6) is 0 Å². The van der Waals surface area contributed by atoms with Crippen LogP contribution in [0.2, 0.25) is 0 Å². The second-order valence-electron chi connectivity index (χ2n) is 5.10. The van der Waals surface area contributed by atoms with E-state index in [0.717, 1.165) is 44.7 Å². The largest absolute Gasteiger partial charge is 0.324 e. The Labute approximate surface area is 108 Å². The maximum Gasteiger partial charge on any atom is 0.123 e. The average Bonchev–Trinajstić information content (AvgIpc) is 2.38. The van der Waals surface area contributed by atoms with Crippen LogP contribution < -0.4 is 5.73 Å². The molecule has 3 nitrogen and oxygen atoms in total. The number of nitrogens with two attached hydrogens (primary N) is 1. The Balaban J connectivity index is 1.79. The molecule has 1 aliphatic rings. The van der Waals surface area contributed by atoms with Gasteiger partial charge in [-0.1, -0.05) is 12.1 Å². The Morgan fingerprint density at radius 3 is 2.67 bits per heavy atom. The molecule has 1 aromatic carbocycles.